The van der Waals surface area contributed by atoms with Gasteiger partial charge < -0.3 is 24.5 Å². The number of amides is 1. The Morgan fingerprint density at radius 3 is 2.44 bits per heavy atom. The molecule has 8 nitrogen and oxygen atoms in total. The number of aromatic amines is 1. The zero-order valence-electron chi connectivity index (χ0n) is 19.0. The average molecular weight is 460 g/mol. The van der Waals surface area contributed by atoms with Crippen LogP contribution in [0, 0.1) is 0 Å². The number of carbonyl (C=O) groups excluding carboxylic acids is 2. The first-order chi connectivity index (χ1) is 16.6. The summed E-state index contributed by atoms with van der Waals surface area (Å²) >= 11 is 0. The van der Waals surface area contributed by atoms with Crippen LogP contribution >= 0.6 is 0 Å². The number of esters is 1. The van der Waals surface area contributed by atoms with Gasteiger partial charge in [-0.25, -0.2) is 9.78 Å². The Morgan fingerprint density at radius 1 is 0.912 bits per heavy atom. The van der Waals surface area contributed by atoms with Crippen LogP contribution in [0.3, 0.4) is 0 Å². The van der Waals surface area contributed by atoms with Crippen LogP contribution in [-0.4, -0.2) is 41.7 Å². The number of imidazole rings is 1. The molecule has 1 heterocycles. The van der Waals surface area contributed by atoms with Crippen molar-refractivity contribution in [1.29, 1.82) is 0 Å². The van der Waals surface area contributed by atoms with Crippen molar-refractivity contribution in [3.8, 4) is 22.9 Å². The third kappa shape index (κ3) is 5.35. The zero-order valence-corrected chi connectivity index (χ0v) is 19.0. The lowest BCUT2D eigenvalue weighted by molar-refractivity contribution is -0.118. The number of H-pyrrole nitrogens is 1. The molecule has 3 aromatic carbocycles. The molecule has 0 unspecified atom stereocenters. The first kappa shape index (κ1) is 22.8. The largest absolute Gasteiger partial charge is 0.490 e. The molecule has 0 spiro atoms. The first-order valence-electron chi connectivity index (χ1n) is 11.0. The summed E-state index contributed by atoms with van der Waals surface area (Å²) in [6.45, 7) is 4.17. The summed E-state index contributed by atoms with van der Waals surface area (Å²) in [7, 11) is 0. The Morgan fingerprint density at radius 2 is 1.71 bits per heavy atom. The average Bonchev–Trinajstić information content (AvgIpc) is 3.28. The number of benzene rings is 3. The molecule has 0 radical (unpaired) electrons. The molecule has 0 atom stereocenters. The second-order valence-corrected chi connectivity index (χ2v) is 7.33. The van der Waals surface area contributed by atoms with Crippen molar-refractivity contribution in [2.45, 2.75) is 13.8 Å². The van der Waals surface area contributed by atoms with Gasteiger partial charge in [-0.3, -0.25) is 4.79 Å². The molecular weight excluding hydrogens is 434 g/mol. The maximum atomic E-state index is 12.4. The van der Waals surface area contributed by atoms with Crippen molar-refractivity contribution in [2.75, 3.05) is 25.1 Å². The highest BCUT2D eigenvalue weighted by Gasteiger charge is 2.13. The second-order valence-electron chi connectivity index (χ2n) is 7.33. The van der Waals surface area contributed by atoms with Crippen LogP contribution in [0.4, 0.5) is 5.69 Å². The van der Waals surface area contributed by atoms with E-state index in [2.05, 4.69) is 15.3 Å². The fraction of sp³-hybridized carbons (Fsp3) is 0.192. The number of anilines is 1. The molecule has 0 bridgehead atoms. The number of fused-ring (bicyclic) bond motifs is 1. The Kier molecular flexibility index (Phi) is 7.07. The van der Waals surface area contributed by atoms with Crippen molar-refractivity contribution >= 4 is 28.6 Å². The lowest BCUT2D eigenvalue weighted by Crippen LogP contribution is -2.20. The van der Waals surface area contributed by atoms with Gasteiger partial charge >= 0.3 is 5.97 Å². The van der Waals surface area contributed by atoms with Crippen LogP contribution < -0.4 is 14.8 Å². The Balaban J connectivity index is 1.41. The third-order valence-electron chi connectivity index (χ3n) is 4.94. The van der Waals surface area contributed by atoms with E-state index in [-0.39, 0.29) is 12.5 Å². The lowest BCUT2D eigenvalue weighted by Gasteiger charge is -2.13. The molecule has 0 saturated carbocycles. The molecule has 1 amide bonds. The quantitative estimate of drug-likeness (QED) is 0.348. The maximum absolute atomic E-state index is 12.4. The standard InChI is InChI=1S/C26H25N3O5/c1-3-32-23-15-18(25-28-20-7-5-6-8-21(20)29-25)11-14-22(23)34-16-24(30)27-19-12-9-17(10-13-19)26(31)33-4-2/h5-15H,3-4,16H2,1-2H3,(H,27,30)(H,28,29). The normalized spacial score (nSPS) is 10.6. The molecule has 4 rings (SSSR count). The number of para-hydroxylation sites is 2. The van der Waals surface area contributed by atoms with Gasteiger partial charge in [0.2, 0.25) is 0 Å². The fourth-order valence-electron chi connectivity index (χ4n) is 3.38. The minimum Gasteiger partial charge on any atom is -0.490 e. The molecule has 174 valence electrons. The fourth-order valence-corrected chi connectivity index (χ4v) is 3.38. The number of rotatable bonds is 9. The minimum absolute atomic E-state index is 0.205. The van der Waals surface area contributed by atoms with Crippen molar-refractivity contribution in [3.63, 3.8) is 0 Å². The molecule has 0 aliphatic rings. The molecular formula is C26H25N3O5. The predicted octanol–water partition coefficient (Wildman–Crippen LogP) is 4.82. The van der Waals surface area contributed by atoms with Gasteiger partial charge in [-0.1, -0.05) is 12.1 Å². The Hall–Kier alpha value is -4.33. The van der Waals surface area contributed by atoms with Gasteiger partial charge in [-0.15, -0.1) is 0 Å². The van der Waals surface area contributed by atoms with E-state index in [4.69, 9.17) is 14.2 Å². The number of hydrogen-bond donors (Lipinski definition) is 2. The van der Waals surface area contributed by atoms with Gasteiger partial charge in [-0.05, 0) is 68.4 Å². The van der Waals surface area contributed by atoms with Crippen molar-refractivity contribution in [1.82, 2.24) is 9.97 Å². The predicted molar refractivity (Wildman–Crippen MR) is 129 cm³/mol. The summed E-state index contributed by atoms with van der Waals surface area (Å²) in [6.07, 6.45) is 0. The van der Waals surface area contributed by atoms with E-state index in [1.165, 1.54) is 0 Å². The van der Waals surface area contributed by atoms with Gasteiger partial charge in [0.15, 0.2) is 18.1 Å². The summed E-state index contributed by atoms with van der Waals surface area (Å²) in [4.78, 5) is 32.0. The number of ether oxygens (including phenoxy) is 3. The van der Waals surface area contributed by atoms with Gasteiger partial charge in [0, 0.05) is 11.3 Å². The number of nitrogens with zero attached hydrogens (tertiary/aromatic N) is 1. The third-order valence-corrected chi connectivity index (χ3v) is 4.94. The number of hydrogen-bond acceptors (Lipinski definition) is 6. The molecule has 8 heteroatoms. The molecule has 34 heavy (non-hydrogen) atoms. The highest BCUT2D eigenvalue weighted by atomic mass is 16.5. The van der Waals surface area contributed by atoms with Gasteiger partial charge in [0.1, 0.15) is 5.82 Å². The molecule has 0 saturated heterocycles. The van der Waals surface area contributed by atoms with Crippen LogP contribution in [0.1, 0.15) is 24.2 Å². The van der Waals surface area contributed by atoms with E-state index in [0.29, 0.717) is 36.0 Å². The molecule has 1 aromatic heterocycles. The van der Waals surface area contributed by atoms with E-state index in [1.807, 2.05) is 43.3 Å². The van der Waals surface area contributed by atoms with Crippen molar-refractivity contribution in [3.05, 3.63) is 72.3 Å². The highest BCUT2D eigenvalue weighted by molar-refractivity contribution is 5.93. The monoisotopic (exact) mass is 459 g/mol. The number of carbonyl (C=O) groups is 2. The van der Waals surface area contributed by atoms with Gasteiger partial charge in [-0.2, -0.15) is 0 Å². The van der Waals surface area contributed by atoms with Gasteiger partial charge in [0.25, 0.3) is 5.91 Å². The summed E-state index contributed by atoms with van der Waals surface area (Å²) < 4.78 is 16.4. The molecule has 0 fully saturated rings. The zero-order chi connectivity index (χ0) is 23.9. The van der Waals surface area contributed by atoms with E-state index >= 15 is 0 Å². The molecule has 0 aliphatic carbocycles. The van der Waals surface area contributed by atoms with E-state index < -0.39 is 5.97 Å². The Bertz CT molecular complexity index is 1260. The van der Waals surface area contributed by atoms with Gasteiger partial charge in [0.05, 0.1) is 29.8 Å². The molecule has 2 N–H and O–H groups in total. The number of nitrogens with one attached hydrogen (secondary N) is 2. The summed E-state index contributed by atoms with van der Waals surface area (Å²) in [5, 5.41) is 2.74. The summed E-state index contributed by atoms with van der Waals surface area (Å²) in [6, 6.07) is 19.7. The highest BCUT2D eigenvalue weighted by Crippen LogP contribution is 2.32. The van der Waals surface area contributed by atoms with Crippen LogP contribution in [0.25, 0.3) is 22.4 Å². The number of aromatic nitrogens is 2. The summed E-state index contributed by atoms with van der Waals surface area (Å²) in [5.74, 6) is 0.949. The smallest absolute Gasteiger partial charge is 0.338 e. The van der Waals surface area contributed by atoms with Crippen molar-refractivity contribution < 1.29 is 23.8 Å². The Labute approximate surface area is 196 Å². The van der Waals surface area contributed by atoms with Crippen LogP contribution in [0.2, 0.25) is 0 Å². The van der Waals surface area contributed by atoms with E-state index in [1.54, 1.807) is 37.3 Å². The van der Waals surface area contributed by atoms with E-state index in [9.17, 15) is 9.59 Å². The summed E-state index contributed by atoms with van der Waals surface area (Å²) in [5.41, 5.74) is 3.64. The van der Waals surface area contributed by atoms with Crippen LogP contribution in [0.5, 0.6) is 11.5 Å². The van der Waals surface area contributed by atoms with E-state index in [0.717, 1.165) is 22.4 Å². The maximum Gasteiger partial charge on any atom is 0.338 e. The first-order valence-corrected chi connectivity index (χ1v) is 11.0. The van der Waals surface area contributed by atoms with Crippen LogP contribution in [0.15, 0.2) is 66.7 Å². The van der Waals surface area contributed by atoms with Crippen LogP contribution in [-0.2, 0) is 9.53 Å². The topological polar surface area (TPSA) is 103 Å². The minimum atomic E-state index is -0.404. The SMILES string of the molecule is CCOC(=O)c1ccc(NC(=O)COc2ccc(-c3nc4ccccc4[nH]3)cc2OCC)cc1. The lowest BCUT2D eigenvalue weighted by atomic mass is 10.2. The molecule has 4 aromatic rings. The molecule has 0 aliphatic heterocycles. The van der Waals surface area contributed by atoms with Crippen molar-refractivity contribution in [2.24, 2.45) is 0 Å². The second kappa shape index (κ2) is 10.5.